The summed E-state index contributed by atoms with van der Waals surface area (Å²) in [6.45, 7) is -29.7. The van der Waals surface area contributed by atoms with Crippen molar-refractivity contribution in [3.05, 3.63) is 139 Å². The fourth-order valence-electron chi connectivity index (χ4n) is 17.6. The van der Waals surface area contributed by atoms with Crippen LogP contribution in [0.1, 0.15) is 389 Å². The first kappa shape index (κ1) is 47.3. The van der Waals surface area contributed by atoms with Crippen LogP contribution in [0.2, 0.25) is 0 Å². The van der Waals surface area contributed by atoms with E-state index in [1.165, 1.54) is 49.8 Å². The lowest BCUT2D eigenvalue weighted by atomic mass is 9.75. The average Bonchev–Trinajstić information content (AvgIpc) is 0.645. The molecule has 0 saturated carbocycles. The van der Waals surface area contributed by atoms with Gasteiger partial charge in [0.2, 0.25) is 0 Å². The van der Waals surface area contributed by atoms with Crippen LogP contribution in [0.5, 0.6) is 69.0 Å². The minimum absolute atomic E-state index is 0.00897. The van der Waals surface area contributed by atoms with E-state index in [1.54, 1.807) is 41.5 Å². The normalized spacial score (nSPS) is 45.7. The van der Waals surface area contributed by atoms with Gasteiger partial charge < -0.3 is 87.5 Å². The molecule has 6 saturated heterocycles. The first-order valence-electron chi connectivity index (χ1n) is 84.2. The van der Waals surface area contributed by atoms with Gasteiger partial charge >= 0.3 is 0 Å². The van der Waals surface area contributed by atoms with Crippen molar-refractivity contribution in [1.82, 2.24) is 29.4 Å². The van der Waals surface area contributed by atoms with Crippen LogP contribution in [0.15, 0.2) is 72.5 Å². The number of fused-ring (bicyclic) bond motifs is 18. The highest BCUT2D eigenvalue weighted by Gasteiger charge is 2.47. The zero-order chi connectivity index (χ0) is 169. The zero-order valence-corrected chi connectivity index (χ0v) is 81.9. The maximum atomic E-state index is 11.5. The summed E-state index contributed by atoms with van der Waals surface area (Å²) in [4.78, 5) is 5.44. The van der Waals surface area contributed by atoms with Gasteiger partial charge in [0.1, 0.15) is 0 Å². The molecule has 6 N–H and O–H groups in total. The Labute approximate surface area is 954 Å². The Morgan fingerprint density at radius 1 is 0.305 bits per heavy atom. The van der Waals surface area contributed by atoms with E-state index in [0.717, 1.165) is 33.8 Å². The van der Waals surface area contributed by atoms with Crippen LogP contribution >= 0.6 is 0 Å². The van der Waals surface area contributed by atoms with Crippen LogP contribution in [0.3, 0.4) is 0 Å². The monoisotopic (exact) mass is 2030 g/mol. The predicted molar refractivity (Wildman–Crippen MR) is 561 cm³/mol. The second kappa shape index (κ2) is 48.4. The molecule has 18 atom stereocenters. The third-order valence-electron chi connectivity index (χ3n) is 23.9. The fraction of sp³-hybridized carbons (Fsp3) is 0.692. The molecule has 18 rings (SSSR count). The Kier molecular flexibility index (Phi) is 16.2. The molecule has 18 unspecified atom stereocenters. The van der Waals surface area contributed by atoms with Gasteiger partial charge in [0.25, 0.3) is 0 Å². The van der Waals surface area contributed by atoms with E-state index >= 15 is 0 Å². The van der Waals surface area contributed by atoms with E-state index in [1.807, 2.05) is 0 Å². The summed E-state index contributed by atoms with van der Waals surface area (Å²) in [6, 6.07) is -15.3. The number of aliphatic hydroxyl groups is 6. The first-order valence-corrected chi connectivity index (χ1v) is 45.7. The van der Waals surface area contributed by atoms with Crippen molar-refractivity contribution in [2.45, 2.75) is 291 Å². The minimum Gasteiger partial charge on any atom is -0.493 e. The van der Waals surface area contributed by atoms with Gasteiger partial charge in [-0.1, -0.05) is 103 Å². The first-order chi connectivity index (χ1) is 97.4. The number of aliphatic hydroxyl groups excluding tert-OH is 1. The summed E-state index contributed by atoms with van der Waals surface area (Å²) >= 11 is 0. The van der Waals surface area contributed by atoms with Crippen LogP contribution in [0.4, 0.5) is 0 Å². The molecule has 786 valence electrons. The number of benzene rings is 6. The third kappa shape index (κ3) is 26.9. The van der Waals surface area contributed by atoms with Gasteiger partial charge in [-0.3, -0.25) is 29.4 Å². The molecule has 12 aliphatic heterocycles. The van der Waals surface area contributed by atoms with E-state index in [0.29, 0.717) is 41.7 Å². The lowest BCUT2D eigenvalue weighted by Gasteiger charge is -2.47. The van der Waals surface area contributed by atoms with Gasteiger partial charge in [-0.25, -0.2) is 0 Å². The van der Waals surface area contributed by atoms with Crippen molar-refractivity contribution >= 4 is 0 Å². The largest absolute Gasteiger partial charge is 0.493 e. The molecule has 6 fully saturated rings. The number of piperidine rings is 6. The molecule has 0 aliphatic carbocycles. The summed E-state index contributed by atoms with van der Waals surface area (Å²) in [5.74, 6) is -22.8. The molecule has 6 aromatic rings. The highest BCUT2D eigenvalue weighted by atomic mass is 16.5. The Morgan fingerprint density at radius 2 is 0.504 bits per heavy atom. The molecule has 24 nitrogen and oxygen atoms in total. The summed E-state index contributed by atoms with van der Waals surface area (Å²) in [6.07, 6.45) is -49.1. The maximum Gasteiger partial charge on any atom is 0.161 e. The summed E-state index contributed by atoms with van der Waals surface area (Å²) < 4.78 is 708. The van der Waals surface area contributed by atoms with E-state index in [2.05, 4.69) is 0 Å². The molecule has 0 spiro atoms. The van der Waals surface area contributed by atoms with Crippen LogP contribution in [0, 0.1) is 69.4 Å². The highest BCUT2D eigenvalue weighted by Crippen LogP contribution is 2.53. The van der Waals surface area contributed by atoms with Crippen molar-refractivity contribution in [1.29, 1.82) is 0 Å². The molecule has 141 heavy (non-hydrogen) atoms. The second-order valence-corrected chi connectivity index (χ2v) is 36.3. The van der Waals surface area contributed by atoms with Gasteiger partial charge in [-0.15, -0.1) is 0 Å². The number of methoxy groups -OCH3 is 12. The molecule has 0 amide bonds. The third-order valence-corrected chi connectivity index (χ3v) is 23.9. The van der Waals surface area contributed by atoms with Crippen molar-refractivity contribution < 1.29 is 193 Å². The van der Waals surface area contributed by atoms with Gasteiger partial charge in [0.05, 0.1) is 157 Å². The average molecular weight is 2040 g/mol. The molecule has 6 aromatic carbocycles. The van der Waals surface area contributed by atoms with Crippen LogP contribution in [-0.4, -0.2) is 260 Å². The van der Waals surface area contributed by atoms with E-state index in [4.69, 9.17) is 162 Å². The molecule has 0 aromatic heterocycles. The molecule has 24 heteroatoms. The standard InChI is InChI=1S/3C20H31NO3.3C19H29NO3/c3*1-20(2,3)11-14-12-21-7-6-13-8-18(23-4)19(24-5)9-15(13)16(21)10-17(14)22;3*1-12(2)7-14-11-20-6-5-13-8-18(22-3)19(23-4)9-15(13)16(20)10-17(14)21/h3*8-9,14,16-17,22H,6-7,10-12H2,1-5H3;3*8-9,12,14,16-17,21H,5-7,10-11H2,1-4H3/i1D3,2D3,5D3,8D,9D,10D2,11D2,12D2,14D,17D;1D3,2D3,8D,9D,10D2,11D2,12D2,14D,17D;1D3,2D3,5D3,8D,9D,11D2,12D2;4D3,8D,9D,10D2,11D2,14D,17D;2*8D,9D,10D2,11D2,14D,17D. The molecule has 0 radical (unpaired) electrons. The van der Waals surface area contributed by atoms with E-state index in [-0.39, 0.29) is 234 Å². The molecular weight excluding hydrogens is 1780 g/mol. The van der Waals surface area contributed by atoms with Crippen LogP contribution in [0.25, 0.3) is 0 Å². The molecule has 12 aliphatic rings. The smallest absolute Gasteiger partial charge is 0.161 e. The van der Waals surface area contributed by atoms with Crippen LogP contribution < -0.4 is 56.8 Å². The van der Waals surface area contributed by atoms with Crippen molar-refractivity contribution in [3.63, 3.8) is 0 Å². The SMILES string of the molecule is [2H]c1c2c(c([2H])c(OC([2H])([2H])[2H])c1OC)C1CC(O)C(C([2H])([2H])C(C)(C([2H])([2H])[2H])C([2H])([2H])[2H])C([2H])([2H])N1CC2.[2H]c1c2c(c([2H])c(OC([2H])([2H])[2H])c1OC)C1N(CC2)C([2H])([2H])C([2H])(C([2H])([2H])C(C)(C([2H])([2H])[2H])C([2H])([2H])[2H])C([2H])(O)C1([2H])[2H].[2H]c1c2c(c([2H])c(OC([2H])([2H])[2H])c1OC)C1N(CC2)C([2H])([2H])C([2H])(CC(C)C)C([2H])(O)C1([2H])[2H].[2H]c1c2c(c([2H])c(OC)c1OC)C1N(CC2)C([2H])([2H])C([2H])(C([2H])([2H])C(C)(C([2H])([2H])[2H])C([2H])([2H])[2H])C([2H])(O)C1([2H])[2H].[2H]c1c2c(c([2H])c(OC)c1OC)C1N(CC2)C([2H])([2H])C([2H])(CC(C)C)C([2H])(O)C1([2H])[2H].[2H]c1c2c(c([2H])c(OC)c1OC)C1N(CC2)C([2H])([2H])C([2H])(CC(C)C)C([2H])(O)C1([2H])[2H]. The summed E-state index contributed by atoms with van der Waals surface area (Å²) in [5.41, 5.74) is -10.8. The van der Waals surface area contributed by atoms with Crippen molar-refractivity contribution in [2.75, 3.05) is 163 Å². The number of nitrogens with zero attached hydrogens (tertiary/aromatic N) is 6. The van der Waals surface area contributed by atoms with Gasteiger partial charge in [-0.05, 0) is 324 Å². The summed E-state index contributed by atoms with van der Waals surface area (Å²) in [5, 5.41) is 67.7. The fourth-order valence-corrected chi connectivity index (χ4v) is 17.6. The number of hydrogen-bond acceptors (Lipinski definition) is 24. The Hall–Kier alpha value is -7.56. The van der Waals surface area contributed by atoms with Crippen molar-refractivity contribution in [3.8, 4) is 69.0 Å². The zero-order valence-electron chi connectivity index (χ0n) is 159. The Balaban J connectivity index is 0.000000209. The predicted octanol–water partition coefficient (Wildman–Crippen LogP) is 19.3. The lowest BCUT2D eigenvalue weighted by molar-refractivity contribution is -0.0259. The molecule has 0 bridgehead atoms. The number of rotatable bonds is 21. The van der Waals surface area contributed by atoms with E-state index in [9.17, 15) is 30.6 Å². The minimum atomic E-state index is -4.29. The maximum absolute atomic E-state index is 11.5. The van der Waals surface area contributed by atoms with Crippen molar-refractivity contribution in [2.24, 2.45) is 69.4 Å². The second-order valence-electron chi connectivity index (χ2n) is 36.3. The molecule has 12 heterocycles. The van der Waals surface area contributed by atoms with E-state index < -0.39 is 361 Å². The number of ether oxygens (including phenoxy) is 12. The van der Waals surface area contributed by atoms with Gasteiger partial charge in [-0.2, -0.15) is 0 Å². The summed E-state index contributed by atoms with van der Waals surface area (Å²) in [7, 11) is 1.72. The Morgan fingerprint density at radius 3 is 0.723 bits per heavy atom. The highest BCUT2D eigenvalue weighted by molar-refractivity contribution is 5.55. The topological polar surface area (TPSA) is 252 Å². The van der Waals surface area contributed by atoms with Gasteiger partial charge in [0, 0.05) is 184 Å². The number of hydrogen-bond donors (Lipinski definition) is 6. The lowest BCUT2D eigenvalue weighted by Crippen LogP contribution is -2.48. The Bertz CT molecular complexity index is 8730. The van der Waals surface area contributed by atoms with Crippen LogP contribution in [-0.2, 0) is 38.5 Å². The quantitative estimate of drug-likeness (QED) is 0.0392. The van der Waals surface area contributed by atoms with Gasteiger partial charge in [0.15, 0.2) is 69.0 Å². The molecular formula is C117H180N6O18.